The van der Waals surface area contributed by atoms with E-state index in [0.717, 1.165) is 12.8 Å². The molecule has 1 aromatic carbocycles. The van der Waals surface area contributed by atoms with Crippen molar-refractivity contribution in [3.63, 3.8) is 0 Å². The van der Waals surface area contributed by atoms with Crippen molar-refractivity contribution in [3.05, 3.63) is 35.9 Å². The maximum atomic E-state index is 12.7. The van der Waals surface area contributed by atoms with Crippen molar-refractivity contribution in [2.75, 3.05) is 6.61 Å². The minimum absolute atomic E-state index is 0.0157. The number of benzene rings is 1. The number of hydrogen-bond acceptors (Lipinski definition) is 2. The number of carbonyl (C=O) groups is 1. The van der Waals surface area contributed by atoms with E-state index in [-0.39, 0.29) is 12.1 Å². The number of fused-ring (bicyclic) bond motifs is 1. The second kappa shape index (κ2) is 5.96. The van der Waals surface area contributed by atoms with Crippen LogP contribution in [0.15, 0.2) is 30.3 Å². The molecule has 1 saturated carbocycles. The van der Waals surface area contributed by atoms with Gasteiger partial charge in [0.25, 0.3) is 0 Å². The molecule has 3 heteroatoms. The van der Waals surface area contributed by atoms with Crippen LogP contribution in [0.1, 0.15) is 38.2 Å². The minimum Gasteiger partial charge on any atom is -0.358 e. The highest BCUT2D eigenvalue weighted by Crippen LogP contribution is 2.42. The highest BCUT2D eigenvalue weighted by Gasteiger charge is 2.48. The number of ether oxygens (including phenoxy) is 1. The molecule has 3 atom stereocenters. The molecule has 3 nitrogen and oxygen atoms in total. The number of amides is 1. The van der Waals surface area contributed by atoms with Gasteiger partial charge in [0.15, 0.2) is 0 Å². The first-order valence-corrected chi connectivity index (χ1v) is 7.77. The van der Waals surface area contributed by atoms with E-state index in [2.05, 4.69) is 12.1 Å². The molecule has 1 aromatic rings. The number of carbonyl (C=O) groups excluding carboxylic acids is 1. The molecule has 20 heavy (non-hydrogen) atoms. The molecule has 1 aliphatic carbocycles. The Balaban J connectivity index is 1.81. The monoisotopic (exact) mass is 273 g/mol. The number of hydrogen-bond donors (Lipinski definition) is 0. The first-order chi connectivity index (χ1) is 9.81. The highest BCUT2D eigenvalue weighted by molar-refractivity contribution is 5.82. The summed E-state index contributed by atoms with van der Waals surface area (Å²) in [5.41, 5.74) is 1.18. The largest absolute Gasteiger partial charge is 0.358 e. The van der Waals surface area contributed by atoms with Gasteiger partial charge in [0, 0.05) is 25.0 Å². The molecule has 2 fully saturated rings. The summed E-state index contributed by atoms with van der Waals surface area (Å²) in [6.45, 7) is 3.37. The Morgan fingerprint density at radius 2 is 1.95 bits per heavy atom. The highest BCUT2D eigenvalue weighted by atomic mass is 16.5. The van der Waals surface area contributed by atoms with Gasteiger partial charge in [0.2, 0.25) is 5.91 Å². The van der Waals surface area contributed by atoms with E-state index in [1.807, 2.05) is 30.0 Å². The van der Waals surface area contributed by atoms with Crippen LogP contribution in [0.25, 0.3) is 0 Å². The second-order valence-corrected chi connectivity index (χ2v) is 5.85. The lowest BCUT2D eigenvalue weighted by Crippen LogP contribution is -2.37. The van der Waals surface area contributed by atoms with Gasteiger partial charge >= 0.3 is 0 Å². The predicted molar refractivity (Wildman–Crippen MR) is 77.9 cm³/mol. The summed E-state index contributed by atoms with van der Waals surface area (Å²) in [7, 11) is 0. The number of rotatable bonds is 4. The standard InChI is InChI=1S/C17H23NO2/c1-2-20-17-15-11-7-6-10-14(15)16(19)18(17)12-13-8-4-3-5-9-13/h3-5,8-9,14-15,17H,2,6-7,10-12H2,1H3/t14-,15+,17-/m1/s1. The van der Waals surface area contributed by atoms with Gasteiger partial charge < -0.3 is 9.64 Å². The first kappa shape index (κ1) is 13.6. The van der Waals surface area contributed by atoms with Crippen LogP contribution in [-0.4, -0.2) is 23.6 Å². The fourth-order valence-electron chi connectivity index (χ4n) is 3.71. The molecule has 0 spiro atoms. The van der Waals surface area contributed by atoms with Crippen LogP contribution in [0, 0.1) is 11.8 Å². The summed E-state index contributed by atoms with van der Waals surface area (Å²) in [4.78, 5) is 14.6. The lowest BCUT2D eigenvalue weighted by Gasteiger charge is -2.29. The third-order valence-electron chi connectivity index (χ3n) is 4.63. The van der Waals surface area contributed by atoms with Crippen molar-refractivity contribution in [2.45, 2.75) is 45.4 Å². The molecule has 3 rings (SSSR count). The molecule has 1 heterocycles. The van der Waals surface area contributed by atoms with Crippen LogP contribution in [-0.2, 0) is 16.1 Å². The Bertz CT molecular complexity index is 459. The van der Waals surface area contributed by atoms with Crippen molar-refractivity contribution in [1.82, 2.24) is 4.90 Å². The number of nitrogens with zero attached hydrogens (tertiary/aromatic N) is 1. The van der Waals surface area contributed by atoms with Crippen molar-refractivity contribution < 1.29 is 9.53 Å². The first-order valence-electron chi connectivity index (χ1n) is 7.77. The third kappa shape index (κ3) is 2.47. The average Bonchev–Trinajstić information content (AvgIpc) is 2.75. The zero-order valence-corrected chi connectivity index (χ0v) is 12.1. The van der Waals surface area contributed by atoms with Crippen LogP contribution >= 0.6 is 0 Å². The molecular formula is C17H23NO2. The average molecular weight is 273 g/mol. The third-order valence-corrected chi connectivity index (χ3v) is 4.63. The molecule has 108 valence electrons. The zero-order chi connectivity index (χ0) is 13.9. The summed E-state index contributed by atoms with van der Waals surface area (Å²) >= 11 is 0. The van der Waals surface area contributed by atoms with E-state index < -0.39 is 0 Å². The van der Waals surface area contributed by atoms with Crippen molar-refractivity contribution in [1.29, 1.82) is 0 Å². The molecule has 1 amide bonds. The summed E-state index contributed by atoms with van der Waals surface area (Å²) in [5.74, 6) is 0.904. The van der Waals surface area contributed by atoms with Crippen LogP contribution in [0.5, 0.6) is 0 Å². The maximum Gasteiger partial charge on any atom is 0.228 e. The predicted octanol–water partition coefficient (Wildman–Crippen LogP) is 3.20. The van der Waals surface area contributed by atoms with Crippen molar-refractivity contribution in [2.24, 2.45) is 11.8 Å². The van der Waals surface area contributed by atoms with Gasteiger partial charge in [-0.1, -0.05) is 43.2 Å². The van der Waals surface area contributed by atoms with Gasteiger partial charge in [0.05, 0.1) is 0 Å². The van der Waals surface area contributed by atoms with Crippen molar-refractivity contribution >= 4 is 5.91 Å². The van der Waals surface area contributed by atoms with E-state index >= 15 is 0 Å². The maximum absolute atomic E-state index is 12.7. The fourth-order valence-corrected chi connectivity index (χ4v) is 3.71. The van der Waals surface area contributed by atoms with Crippen LogP contribution < -0.4 is 0 Å². The van der Waals surface area contributed by atoms with Crippen LogP contribution in [0.4, 0.5) is 0 Å². The lowest BCUT2D eigenvalue weighted by atomic mass is 9.81. The fraction of sp³-hybridized carbons (Fsp3) is 0.588. The van der Waals surface area contributed by atoms with E-state index in [4.69, 9.17) is 4.74 Å². The van der Waals surface area contributed by atoms with Crippen molar-refractivity contribution in [3.8, 4) is 0 Å². The minimum atomic E-state index is -0.0157. The summed E-state index contributed by atoms with van der Waals surface area (Å²) in [6, 6.07) is 10.2. The Labute approximate surface area is 120 Å². The van der Waals surface area contributed by atoms with Gasteiger partial charge in [-0.3, -0.25) is 4.79 Å². The lowest BCUT2D eigenvalue weighted by molar-refractivity contribution is -0.139. The zero-order valence-electron chi connectivity index (χ0n) is 12.1. The summed E-state index contributed by atoms with van der Waals surface area (Å²) < 4.78 is 5.93. The molecule has 0 N–H and O–H groups in total. The molecule has 0 radical (unpaired) electrons. The van der Waals surface area contributed by atoms with E-state index in [1.54, 1.807) is 0 Å². The van der Waals surface area contributed by atoms with E-state index in [0.29, 0.717) is 25.0 Å². The van der Waals surface area contributed by atoms with Gasteiger partial charge in [0.1, 0.15) is 6.23 Å². The van der Waals surface area contributed by atoms with Crippen LogP contribution in [0.3, 0.4) is 0 Å². The molecule has 0 aromatic heterocycles. The van der Waals surface area contributed by atoms with Gasteiger partial charge in [-0.05, 0) is 25.3 Å². The molecule has 0 unspecified atom stereocenters. The Hall–Kier alpha value is -1.35. The molecule has 1 saturated heterocycles. The Kier molecular flexibility index (Phi) is 4.06. The van der Waals surface area contributed by atoms with E-state index in [1.165, 1.54) is 18.4 Å². The summed E-state index contributed by atoms with van der Waals surface area (Å²) in [5, 5.41) is 0. The van der Waals surface area contributed by atoms with Crippen LogP contribution in [0.2, 0.25) is 0 Å². The van der Waals surface area contributed by atoms with Gasteiger partial charge in [-0.25, -0.2) is 0 Å². The Morgan fingerprint density at radius 1 is 1.20 bits per heavy atom. The second-order valence-electron chi connectivity index (χ2n) is 5.85. The van der Waals surface area contributed by atoms with Gasteiger partial charge in [-0.2, -0.15) is 0 Å². The molecule has 1 aliphatic heterocycles. The van der Waals surface area contributed by atoms with Gasteiger partial charge in [-0.15, -0.1) is 0 Å². The Morgan fingerprint density at radius 3 is 2.70 bits per heavy atom. The quantitative estimate of drug-likeness (QED) is 0.843. The smallest absolute Gasteiger partial charge is 0.228 e. The molecular weight excluding hydrogens is 250 g/mol. The SMILES string of the molecule is CCO[C@@H]1[C@H]2CCCC[C@H]2C(=O)N1Cc1ccccc1. The number of likely N-dealkylation sites (tertiary alicyclic amines) is 1. The van der Waals surface area contributed by atoms with E-state index in [9.17, 15) is 4.79 Å². The normalized spacial score (nSPS) is 29.6. The molecule has 2 aliphatic rings. The molecule has 0 bridgehead atoms. The topological polar surface area (TPSA) is 29.5 Å². The summed E-state index contributed by atoms with van der Waals surface area (Å²) in [6.07, 6.45) is 4.57.